The molecule has 3 atom stereocenters. The van der Waals surface area contributed by atoms with Crippen LogP contribution in [0, 0.1) is 0 Å². The highest BCUT2D eigenvalue weighted by atomic mass is 16.5. The van der Waals surface area contributed by atoms with Gasteiger partial charge in [0.05, 0.1) is 23.7 Å². The molecule has 3 aromatic rings. The maximum Gasteiger partial charge on any atom is 0.313 e. The third-order valence-corrected chi connectivity index (χ3v) is 6.41. The third-order valence-electron chi connectivity index (χ3n) is 6.41. The Balaban J connectivity index is 1.52. The zero-order valence-electron chi connectivity index (χ0n) is 19.3. The van der Waals surface area contributed by atoms with Crippen molar-refractivity contribution in [2.45, 2.75) is 44.2 Å². The second kappa shape index (κ2) is 9.63. The van der Waals surface area contributed by atoms with Crippen LogP contribution in [-0.4, -0.2) is 35.3 Å². The molecule has 33 heavy (non-hydrogen) atoms. The molecule has 0 radical (unpaired) electrons. The Kier molecular flexibility index (Phi) is 6.65. The molecule has 1 aromatic heterocycles. The summed E-state index contributed by atoms with van der Waals surface area (Å²) in [7, 11) is 0. The molecule has 0 aliphatic carbocycles. The van der Waals surface area contributed by atoms with E-state index in [1.807, 2.05) is 48.5 Å². The van der Waals surface area contributed by atoms with Crippen LogP contribution in [-0.2, 0) is 10.2 Å². The number of nitrogens with zero attached hydrogens (tertiary/aromatic N) is 1. The average Bonchev–Trinajstić information content (AvgIpc) is 2.84. The summed E-state index contributed by atoms with van der Waals surface area (Å²) in [6.07, 6.45) is 1.61. The predicted molar refractivity (Wildman–Crippen MR) is 130 cm³/mol. The van der Waals surface area contributed by atoms with Crippen LogP contribution >= 0.6 is 0 Å². The average molecular weight is 446 g/mol. The number of carboxylic acids is 1. The van der Waals surface area contributed by atoms with Crippen LogP contribution < -0.4 is 15.4 Å². The lowest BCUT2D eigenvalue weighted by Gasteiger charge is -2.34. The van der Waals surface area contributed by atoms with Crippen molar-refractivity contribution in [3.05, 3.63) is 89.6 Å². The Hall–Kier alpha value is -3.38. The largest absolute Gasteiger partial charge is 0.481 e. The van der Waals surface area contributed by atoms with Gasteiger partial charge in [-0.15, -0.1) is 0 Å². The number of fused-ring (bicyclic) bond motifs is 1. The first kappa shape index (κ1) is 22.8. The summed E-state index contributed by atoms with van der Waals surface area (Å²) in [5.41, 5.74) is 3.04. The van der Waals surface area contributed by atoms with Gasteiger partial charge >= 0.3 is 5.97 Å². The number of anilines is 1. The van der Waals surface area contributed by atoms with Crippen LogP contribution in [0.4, 0.5) is 5.69 Å². The van der Waals surface area contributed by atoms with Crippen molar-refractivity contribution < 1.29 is 14.6 Å². The van der Waals surface area contributed by atoms with Gasteiger partial charge in [0.2, 0.25) is 5.88 Å². The highest BCUT2D eigenvalue weighted by molar-refractivity contribution is 5.80. The highest BCUT2D eigenvalue weighted by Gasteiger charge is 2.31. The molecule has 0 fully saturated rings. The number of aromatic nitrogens is 1. The molecule has 4 rings (SSSR count). The molecule has 1 aliphatic rings. The van der Waals surface area contributed by atoms with E-state index in [9.17, 15) is 9.90 Å². The van der Waals surface area contributed by atoms with Crippen LogP contribution in [0.5, 0.6) is 5.88 Å². The maximum absolute atomic E-state index is 11.7. The van der Waals surface area contributed by atoms with Gasteiger partial charge in [0, 0.05) is 12.7 Å². The molecule has 1 aliphatic heterocycles. The number of ether oxygens (including phenoxy) is 1. The van der Waals surface area contributed by atoms with Gasteiger partial charge in [-0.05, 0) is 48.6 Å². The smallest absolute Gasteiger partial charge is 0.313 e. The summed E-state index contributed by atoms with van der Waals surface area (Å²) >= 11 is 0. The summed E-state index contributed by atoms with van der Waals surface area (Å²) in [6, 6.07) is 22.0. The zero-order chi connectivity index (χ0) is 23.4. The standard InChI is InChI=1S/C27H31N3O3/c1-18(20-11-7-12-21(15-20)27(2,3)26(31)32)16-30-24(19-9-5-4-6-10-19)23-17-29-22-13-8-14-28-25(22)33-23/h4-15,18,23-24,29-30H,16-17H2,1-3H3,(H,31,32)/t18-,23+,24-/m1/s1. The normalized spacial score (nSPS) is 17.2. The minimum atomic E-state index is -0.933. The van der Waals surface area contributed by atoms with Crippen molar-refractivity contribution in [3.8, 4) is 5.88 Å². The number of hydrogen-bond acceptors (Lipinski definition) is 5. The number of nitrogens with one attached hydrogen (secondary N) is 2. The summed E-state index contributed by atoms with van der Waals surface area (Å²) in [5.74, 6) is -0.0266. The second-order valence-electron chi connectivity index (χ2n) is 9.15. The number of carbonyl (C=O) groups is 1. The van der Waals surface area contributed by atoms with Crippen molar-refractivity contribution >= 4 is 11.7 Å². The molecule has 6 heteroatoms. The van der Waals surface area contributed by atoms with E-state index in [1.165, 1.54) is 0 Å². The molecule has 172 valence electrons. The lowest BCUT2D eigenvalue weighted by atomic mass is 9.83. The molecule has 0 spiro atoms. The number of benzene rings is 2. The SMILES string of the molecule is C[C@H](CN[C@H](c1ccccc1)[C@@H]1CNc2cccnc2O1)c1cccc(C(C)(C)C(=O)O)c1. The quantitative estimate of drug-likeness (QED) is 0.464. The van der Waals surface area contributed by atoms with Crippen molar-refractivity contribution in [1.82, 2.24) is 10.3 Å². The van der Waals surface area contributed by atoms with Crippen LogP contribution in [0.2, 0.25) is 0 Å². The van der Waals surface area contributed by atoms with E-state index in [2.05, 4.69) is 40.7 Å². The first-order valence-corrected chi connectivity index (χ1v) is 11.3. The zero-order valence-corrected chi connectivity index (χ0v) is 19.3. The van der Waals surface area contributed by atoms with E-state index in [-0.39, 0.29) is 18.1 Å². The number of hydrogen-bond donors (Lipinski definition) is 3. The van der Waals surface area contributed by atoms with E-state index in [4.69, 9.17) is 4.74 Å². The van der Waals surface area contributed by atoms with E-state index < -0.39 is 11.4 Å². The van der Waals surface area contributed by atoms with Crippen LogP contribution in [0.3, 0.4) is 0 Å². The maximum atomic E-state index is 11.7. The topological polar surface area (TPSA) is 83.5 Å². The fourth-order valence-corrected chi connectivity index (χ4v) is 4.10. The van der Waals surface area contributed by atoms with Gasteiger partial charge in [0.25, 0.3) is 0 Å². The first-order chi connectivity index (χ1) is 15.9. The van der Waals surface area contributed by atoms with Gasteiger partial charge in [-0.1, -0.05) is 61.5 Å². The molecule has 0 saturated heterocycles. The first-order valence-electron chi connectivity index (χ1n) is 11.3. The van der Waals surface area contributed by atoms with Crippen molar-refractivity contribution in [2.24, 2.45) is 0 Å². The lowest BCUT2D eigenvalue weighted by molar-refractivity contribution is -0.142. The predicted octanol–water partition coefficient (Wildman–Crippen LogP) is 4.75. The number of carboxylic acid groups (broad SMARTS) is 1. The van der Waals surface area contributed by atoms with Crippen LogP contribution in [0.15, 0.2) is 72.9 Å². The fraction of sp³-hybridized carbons (Fsp3) is 0.333. The molecule has 6 nitrogen and oxygen atoms in total. The Bertz CT molecular complexity index is 1100. The van der Waals surface area contributed by atoms with Gasteiger partial charge < -0.3 is 20.5 Å². The lowest BCUT2D eigenvalue weighted by Crippen LogP contribution is -2.43. The van der Waals surface area contributed by atoms with Crippen molar-refractivity contribution in [2.75, 3.05) is 18.4 Å². The molecule has 2 aromatic carbocycles. The molecular formula is C27H31N3O3. The van der Waals surface area contributed by atoms with E-state index >= 15 is 0 Å². The Morgan fingerprint density at radius 1 is 1.15 bits per heavy atom. The van der Waals surface area contributed by atoms with Crippen molar-refractivity contribution in [1.29, 1.82) is 0 Å². The molecular weight excluding hydrogens is 414 g/mol. The minimum absolute atomic E-state index is 0.0325. The van der Waals surface area contributed by atoms with Gasteiger partial charge in [-0.3, -0.25) is 4.79 Å². The van der Waals surface area contributed by atoms with Crippen LogP contribution in [0.1, 0.15) is 49.4 Å². The van der Waals surface area contributed by atoms with Gasteiger partial charge in [0.1, 0.15) is 6.10 Å². The van der Waals surface area contributed by atoms with Gasteiger partial charge in [0.15, 0.2) is 0 Å². The van der Waals surface area contributed by atoms with E-state index in [1.54, 1.807) is 20.0 Å². The second-order valence-corrected chi connectivity index (χ2v) is 9.15. The fourth-order valence-electron chi connectivity index (χ4n) is 4.10. The molecule has 2 heterocycles. The molecule has 0 bridgehead atoms. The number of aliphatic carboxylic acids is 1. The summed E-state index contributed by atoms with van der Waals surface area (Å²) in [4.78, 5) is 16.1. The molecule has 3 N–H and O–H groups in total. The van der Waals surface area contributed by atoms with Gasteiger partial charge in [-0.2, -0.15) is 0 Å². The van der Waals surface area contributed by atoms with Crippen molar-refractivity contribution in [3.63, 3.8) is 0 Å². The highest BCUT2D eigenvalue weighted by Crippen LogP contribution is 2.31. The van der Waals surface area contributed by atoms with Gasteiger partial charge in [-0.25, -0.2) is 4.98 Å². The van der Waals surface area contributed by atoms with Crippen LogP contribution in [0.25, 0.3) is 0 Å². The Morgan fingerprint density at radius 2 is 1.91 bits per heavy atom. The minimum Gasteiger partial charge on any atom is -0.481 e. The van der Waals surface area contributed by atoms with E-state index in [0.717, 1.165) is 22.4 Å². The number of pyridine rings is 1. The summed E-state index contributed by atoms with van der Waals surface area (Å²) in [5, 5.41) is 16.7. The van der Waals surface area contributed by atoms with E-state index in [0.29, 0.717) is 19.0 Å². The summed E-state index contributed by atoms with van der Waals surface area (Å²) in [6.45, 7) is 7.01. The Morgan fingerprint density at radius 3 is 2.67 bits per heavy atom. The summed E-state index contributed by atoms with van der Waals surface area (Å²) < 4.78 is 6.28. The molecule has 0 unspecified atom stereocenters. The molecule has 0 amide bonds. The Labute approximate surface area is 195 Å². The third kappa shape index (κ3) is 5.01. The molecule has 0 saturated carbocycles. The number of rotatable bonds is 8. The monoisotopic (exact) mass is 445 g/mol.